The molecule has 0 aromatic heterocycles. The third-order valence-electron chi connectivity index (χ3n) is 3.87. The molecule has 0 aromatic rings. The van der Waals surface area contributed by atoms with Crippen molar-refractivity contribution in [2.45, 2.75) is 59.0 Å². The lowest BCUT2D eigenvalue weighted by atomic mass is 9.82. The summed E-state index contributed by atoms with van der Waals surface area (Å²) >= 11 is 0. The standard InChI is InChI=1S/C14H29NO3S/c1-4-5-13(10-19(15,16)17)9-18-14-7-11(2)6-12(3)8-14/h11-14H,4-10H2,1-3H3,(H2,15,16,17). The smallest absolute Gasteiger partial charge is 0.209 e. The largest absolute Gasteiger partial charge is 0.378 e. The number of nitrogens with two attached hydrogens (primary N) is 1. The van der Waals surface area contributed by atoms with Gasteiger partial charge in [-0.2, -0.15) is 0 Å². The summed E-state index contributed by atoms with van der Waals surface area (Å²) in [5.74, 6) is 1.49. The third kappa shape index (κ3) is 7.28. The van der Waals surface area contributed by atoms with Crippen LogP contribution in [0.5, 0.6) is 0 Å². The van der Waals surface area contributed by atoms with E-state index in [9.17, 15) is 8.42 Å². The molecule has 1 aliphatic rings. The molecule has 1 fully saturated rings. The van der Waals surface area contributed by atoms with Crippen molar-refractivity contribution in [2.75, 3.05) is 12.4 Å². The van der Waals surface area contributed by atoms with Gasteiger partial charge in [0.05, 0.1) is 18.5 Å². The van der Waals surface area contributed by atoms with Crippen molar-refractivity contribution in [3.05, 3.63) is 0 Å². The molecular weight excluding hydrogens is 262 g/mol. The lowest BCUT2D eigenvalue weighted by molar-refractivity contribution is -0.0139. The fourth-order valence-electron chi connectivity index (χ4n) is 3.23. The van der Waals surface area contributed by atoms with Gasteiger partial charge >= 0.3 is 0 Å². The van der Waals surface area contributed by atoms with Crippen molar-refractivity contribution in [1.29, 1.82) is 0 Å². The van der Waals surface area contributed by atoms with Crippen LogP contribution in [0.3, 0.4) is 0 Å². The van der Waals surface area contributed by atoms with Crippen LogP contribution >= 0.6 is 0 Å². The van der Waals surface area contributed by atoms with Gasteiger partial charge in [-0.05, 0) is 43.4 Å². The second-order valence-electron chi connectivity index (χ2n) is 6.36. The Labute approximate surface area is 118 Å². The summed E-state index contributed by atoms with van der Waals surface area (Å²) in [7, 11) is -3.40. The summed E-state index contributed by atoms with van der Waals surface area (Å²) < 4.78 is 28.4. The second kappa shape index (κ2) is 7.60. The monoisotopic (exact) mass is 291 g/mol. The van der Waals surface area contributed by atoms with Crippen LogP contribution < -0.4 is 5.14 Å². The molecule has 2 N–H and O–H groups in total. The Balaban J connectivity index is 2.42. The summed E-state index contributed by atoms with van der Waals surface area (Å²) in [5, 5.41) is 5.14. The molecule has 1 aliphatic carbocycles. The average Bonchev–Trinajstić information content (AvgIpc) is 2.23. The first-order valence-corrected chi connectivity index (χ1v) is 9.13. The topological polar surface area (TPSA) is 69.4 Å². The molecule has 114 valence electrons. The highest BCUT2D eigenvalue weighted by Crippen LogP contribution is 2.30. The van der Waals surface area contributed by atoms with Crippen molar-refractivity contribution in [2.24, 2.45) is 22.9 Å². The molecule has 3 unspecified atom stereocenters. The molecule has 0 aliphatic heterocycles. The van der Waals surface area contributed by atoms with E-state index < -0.39 is 10.0 Å². The summed E-state index contributed by atoms with van der Waals surface area (Å²) in [5.41, 5.74) is 0. The van der Waals surface area contributed by atoms with Gasteiger partial charge in [0, 0.05) is 0 Å². The zero-order chi connectivity index (χ0) is 14.5. The molecule has 1 saturated carbocycles. The maximum absolute atomic E-state index is 11.2. The molecule has 0 bridgehead atoms. The fourth-order valence-corrected chi connectivity index (χ4v) is 4.15. The minimum Gasteiger partial charge on any atom is -0.378 e. The Morgan fingerprint density at radius 3 is 2.26 bits per heavy atom. The number of ether oxygens (including phenoxy) is 1. The summed E-state index contributed by atoms with van der Waals surface area (Å²) in [4.78, 5) is 0. The van der Waals surface area contributed by atoms with Gasteiger partial charge < -0.3 is 4.74 Å². The second-order valence-corrected chi connectivity index (χ2v) is 8.02. The lowest BCUT2D eigenvalue weighted by Gasteiger charge is -2.32. The Morgan fingerprint density at radius 1 is 1.21 bits per heavy atom. The molecule has 5 heteroatoms. The Kier molecular flexibility index (Phi) is 6.77. The molecular formula is C14H29NO3S. The zero-order valence-corrected chi connectivity index (χ0v) is 13.3. The molecule has 0 radical (unpaired) electrons. The quantitative estimate of drug-likeness (QED) is 0.783. The minimum atomic E-state index is -3.40. The summed E-state index contributed by atoms with van der Waals surface area (Å²) in [6.07, 6.45) is 5.57. The van der Waals surface area contributed by atoms with E-state index in [1.165, 1.54) is 6.42 Å². The highest BCUT2D eigenvalue weighted by atomic mass is 32.2. The van der Waals surface area contributed by atoms with Crippen LogP contribution in [0.4, 0.5) is 0 Å². The van der Waals surface area contributed by atoms with Gasteiger partial charge in [-0.1, -0.05) is 27.2 Å². The Morgan fingerprint density at radius 2 is 1.79 bits per heavy atom. The van der Waals surface area contributed by atoms with E-state index in [4.69, 9.17) is 9.88 Å². The molecule has 1 rings (SSSR count). The van der Waals surface area contributed by atoms with E-state index >= 15 is 0 Å². The van der Waals surface area contributed by atoms with Crippen molar-refractivity contribution < 1.29 is 13.2 Å². The molecule has 0 aromatic carbocycles. The van der Waals surface area contributed by atoms with Crippen molar-refractivity contribution in [1.82, 2.24) is 0 Å². The van der Waals surface area contributed by atoms with Gasteiger partial charge in [-0.3, -0.25) is 0 Å². The maximum Gasteiger partial charge on any atom is 0.209 e. The SMILES string of the molecule is CCCC(COC1CC(C)CC(C)C1)CS(N)(=O)=O. The number of hydrogen-bond donors (Lipinski definition) is 1. The van der Waals surface area contributed by atoms with Gasteiger partial charge in [0.1, 0.15) is 0 Å². The molecule has 0 heterocycles. The van der Waals surface area contributed by atoms with Gasteiger partial charge in [0.15, 0.2) is 0 Å². The highest BCUT2D eigenvalue weighted by Gasteiger charge is 2.25. The first kappa shape index (κ1) is 16.9. The number of sulfonamides is 1. The molecule has 0 saturated heterocycles. The van der Waals surface area contributed by atoms with Crippen LogP contribution in [0.1, 0.15) is 52.9 Å². The number of hydrogen-bond acceptors (Lipinski definition) is 3. The van der Waals surface area contributed by atoms with Gasteiger partial charge in [-0.15, -0.1) is 0 Å². The van der Waals surface area contributed by atoms with Crippen molar-refractivity contribution >= 4 is 10.0 Å². The molecule has 4 nitrogen and oxygen atoms in total. The van der Waals surface area contributed by atoms with Crippen LogP contribution in [-0.4, -0.2) is 26.9 Å². The molecule has 0 amide bonds. The zero-order valence-electron chi connectivity index (χ0n) is 12.5. The predicted octanol–water partition coefficient (Wildman–Crippen LogP) is 2.53. The Hall–Kier alpha value is -0.130. The summed E-state index contributed by atoms with van der Waals surface area (Å²) in [6.45, 7) is 7.11. The molecule has 3 atom stereocenters. The number of rotatable bonds is 7. The van der Waals surface area contributed by atoms with Gasteiger partial charge in [0.2, 0.25) is 10.0 Å². The molecule has 19 heavy (non-hydrogen) atoms. The first-order valence-electron chi connectivity index (χ1n) is 7.42. The predicted molar refractivity (Wildman–Crippen MR) is 78.3 cm³/mol. The van der Waals surface area contributed by atoms with Crippen molar-refractivity contribution in [3.8, 4) is 0 Å². The first-order chi connectivity index (χ1) is 8.80. The number of primary sulfonamides is 1. The van der Waals surface area contributed by atoms with Crippen LogP contribution in [0, 0.1) is 17.8 Å². The van der Waals surface area contributed by atoms with E-state index in [2.05, 4.69) is 20.8 Å². The van der Waals surface area contributed by atoms with Crippen LogP contribution in [0.15, 0.2) is 0 Å². The maximum atomic E-state index is 11.2. The van der Waals surface area contributed by atoms with E-state index in [0.717, 1.165) is 25.7 Å². The third-order valence-corrected chi connectivity index (χ3v) is 4.80. The minimum absolute atomic E-state index is 0.0348. The fraction of sp³-hybridized carbons (Fsp3) is 1.00. The van der Waals surface area contributed by atoms with E-state index in [1.54, 1.807) is 0 Å². The van der Waals surface area contributed by atoms with Crippen molar-refractivity contribution in [3.63, 3.8) is 0 Å². The summed E-state index contributed by atoms with van der Waals surface area (Å²) in [6, 6.07) is 0. The van der Waals surface area contributed by atoms with Crippen LogP contribution in [-0.2, 0) is 14.8 Å². The van der Waals surface area contributed by atoms with E-state index in [1.807, 2.05) is 0 Å². The van der Waals surface area contributed by atoms with Gasteiger partial charge in [-0.25, -0.2) is 13.6 Å². The normalized spacial score (nSPS) is 30.2. The van der Waals surface area contributed by atoms with E-state index in [-0.39, 0.29) is 11.7 Å². The van der Waals surface area contributed by atoms with Crippen LogP contribution in [0.25, 0.3) is 0 Å². The molecule has 0 spiro atoms. The van der Waals surface area contributed by atoms with E-state index in [0.29, 0.717) is 24.5 Å². The Bertz CT molecular complexity index is 346. The van der Waals surface area contributed by atoms with Crippen LogP contribution in [0.2, 0.25) is 0 Å². The average molecular weight is 291 g/mol. The van der Waals surface area contributed by atoms with Gasteiger partial charge in [0.25, 0.3) is 0 Å². The lowest BCUT2D eigenvalue weighted by Crippen LogP contribution is -2.31. The highest BCUT2D eigenvalue weighted by molar-refractivity contribution is 7.89.